The van der Waals surface area contributed by atoms with Crippen LogP contribution in [0.2, 0.25) is 0 Å². The van der Waals surface area contributed by atoms with Gasteiger partial charge in [0.2, 0.25) is 0 Å². The summed E-state index contributed by atoms with van der Waals surface area (Å²) in [5.41, 5.74) is -0.338. The van der Waals surface area contributed by atoms with E-state index in [0.29, 0.717) is 18.8 Å². The van der Waals surface area contributed by atoms with Crippen molar-refractivity contribution >= 4 is 11.6 Å². The highest BCUT2D eigenvalue weighted by molar-refractivity contribution is 6.18. The topological polar surface area (TPSA) is 50.9 Å². The summed E-state index contributed by atoms with van der Waals surface area (Å²) in [5, 5.41) is 15.6. The molecule has 4 nitrogen and oxygen atoms in total. The summed E-state index contributed by atoms with van der Waals surface area (Å²) in [6, 6.07) is 6.48. The SMILES string of the molecule is CC1(CCl)CC[C@H](Cc2ccc(F)cc2)C1(O)Cn1cncn1. The Hall–Kier alpha value is -1.46. The number of rotatable bonds is 5. The molecule has 1 aliphatic rings. The third-order valence-corrected chi connectivity index (χ3v) is 5.91. The molecule has 0 spiro atoms. The normalized spacial score (nSPS) is 30.7. The number of alkyl halides is 1. The van der Waals surface area contributed by atoms with E-state index >= 15 is 0 Å². The van der Waals surface area contributed by atoms with E-state index < -0.39 is 5.60 Å². The highest BCUT2D eigenvalue weighted by Gasteiger charge is 2.56. The van der Waals surface area contributed by atoms with E-state index in [1.807, 2.05) is 6.92 Å². The zero-order valence-electron chi connectivity index (χ0n) is 13.1. The van der Waals surface area contributed by atoms with Gasteiger partial charge in [0.25, 0.3) is 0 Å². The summed E-state index contributed by atoms with van der Waals surface area (Å²) in [5.74, 6) is 0.183. The van der Waals surface area contributed by atoms with E-state index in [2.05, 4.69) is 10.1 Å². The van der Waals surface area contributed by atoms with E-state index in [0.717, 1.165) is 18.4 Å². The van der Waals surface area contributed by atoms with Crippen molar-refractivity contribution in [1.29, 1.82) is 0 Å². The summed E-state index contributed by atoms with van der Waals surface area (Å²) in [6.07, 6.45) is 5.50. The van der Waals surface area contributed by atoms with Crippen LogP contribution in [0.5, 0.6) is 0 Å². The molecule has 6 heteroatoms. The molecular weight excluding hydrogens is 317 g/mol. The number of benzene rings is 1. The average molecular weight is 338 g/mol. The first-order chi connectivity index (χ1) is 11.0. The van der Waals surface area contributed by atoms with Crippen LogP contribution in [0.3, 0.4) is 0 Å². The first kappa shape index (κ1) is 16.4. The number of aromatic nitrogens is 3. The van der Waals surface area contributed by atoms with Gasteiger partial charge in [-0.3, -0.25) is 4.68 Å². The second kappa shape index (κ2) is 6.21. The van der Waals surface area contributed by atoms with Gasteiger partial charge in [-0.2, -0.15) is 5.10 Å². The minimum absolute atomic E-state index is 0.0425. The standard InChI is InChI=1S/C17H21ClFN3O/c1-16(9-18)7-6-14(8-13-2-4-15(19)5-3-13)17(16,23)10-22-12-20-11-21-22/h2-5,11-12,14,23H,6-10H2,1H3/t14-,16?,17?/m1/s1. The Kier molecular flexibility index (Phi) is 4.43. The second-order valence-corrected chi connectivity index (χ2v) is 7.05. The van der Waals surface area contributed by atoms with Crippen LogP contribution in [0.4, 0.5) is 4.39 Å². The molecule has 23 heavy (non-hydrogen) atoms. The zero-order valence-corrected chi connectivity index (χ0v) is 13.9. The maximum absolute atomic E-state index is 13.1. The molecule has 124 valence electrons. The van der Waals surface area contributed by atoms with Crippen molar-refractivity contribution in [2.45, 2.75) is 38.3 Å². The van der Waals surface area contributed by atoms with Gasteiger partial charge in [-0.15, -0.1) is 11.6 Å². The summed E-state index contributed by atoms with van der Waals surface area (Å²) < 4.78 is 14.8. The fourth-order valence-corrected chi connectivity index (χ4v) is 4.05. The lowest BCUT2D eigenvalue weighted by molar-refractivity contribution is -0.0891. The molecular formula is C17H21ClFN3O. The third kappa shape index (κ3) is 3.00. The van der Waals surface area contributed by atoms with Gasteiger partial charge < -0.3 is 5.11 Å². The largest absolute Gasteiger partial charge is 0.387 e. The monoisotopic (exact) mass is 337 g/mol. The van der Waals surface area contributed by atoms with Crippen molar-refractivity contribution in [2.24, 2.45) is 11.3 Å². The Morgan fingerprint density at radius 1 is 1.39 bits per heavy atom. The predicted octanol–water partition coefficient (Wildman–Crippen LogP) is 3.05. The maximum atomic E-state index is 13.1. The van der Waals surface area contributed by atoms with Crippen molar-refractivity contribution in [1.82, 2.24) is 14.8 Å². The van der Waals surface area contributed by atoms with Gasteiger partial charge in [0.1, 0.15) is 18.5 Å². The van der Waals surface area contributed by atoms with Crippen LogP contribution in [0.1, 0.15) is 25.3 Å². The fourth-order valence-electron chi connectivity index (χ4n) is 3.68. The molecule has 1 fully saturated rings. The first-order valence-electron chi connectivity index (χ1n) is 7.82. The van der Waals surface area contributed by atoms with Gasteiger partial charge in [-0.05, 0) is 42.9 Å². The van der Waals surface area contributed by atoms with E-state index in [4.69, 9.17) is 11.6 Å². The Morgan fingerprint density at radius 3 is 2.74 bits per heavy atom. The molecule has 0 bridgehead atoms. The molecule has 0 amide bonds. The third-order valence-electron chi connectivity index (χ3n) is 5.33. The second-order valence-electron chi connectivity index (χ2n) is 6.78. The minimum Gasteiger partial charge on any atom is -0.387 e. The Bertz CT molecular complexity index is 648. The lowest BCUT2D eigenvalue weighted by Gasteiger charge is -2.42. The van der Waals surface area contributed by atoms with Crippen LogP contribution in [-0.2, 0) is 13.0 Å². The Balaban J connectivity index is 1.87. The molecule has 1 aromatic carbocycles. The minimum atomic E-state index is -0.975. The predicted molar refractivity (Wildman–Crippen MR) is 86.6 cm³/mol. The molecule has 3 atom stereocenters. The number of hydrogen-bond acceptors (Lipinski definition) is 3. The fraction of sp³-hybridized carbons (Fsp3) is 0.529. The maximum Gasteiger partial charge on any atom is 0.137 e. The van der Waals surface area contributed by atoms with E-state index in [1.165, 1.54) is 18.5 Å². The molecule has 1 heterocycles. The quantitative estimate of drug-likeness (QED) is 0.853. The summed E-state index contributed by atoms with van der Waals surface area (Å²) in [7, 11) is 0. The molecule has 0 saturated heterocycles. The summed E-state index contributed by atoms with van der Waals surface area (Å²) >= 11 is 6.21. The molecule has 1 aromatic heterocycles. The summed E-state index contributed by atoms with van der Waals surface area (Å²) in [6.45, 7) is 2.39. The van der Waals surface area contributed by atoms with Crippen molar-refractivity contribution in [3.05, 3.63) is 48.3 Å². The number of halogens is 2. The van der Waals surface area contributed by atoms with Gasteiger partial charge in [0, 0.05) is 11.3 Å². The molecule has 2 aromatic rings. The molecule has 1 saturated carbocycles. The lowest BCUT2D eigenvalue weighted by atomic mass is 9.72. The molecule has 3 rings (SSSR count). The van der Waals surface area contributed by atoms with Crippen LogP contribution in [0.15, 0.2) is 36.9 Å². The van der Waals surface area contributed by atoms with Crippen molar-refractivity contribution in [3.63, 3.8) is 0 Å². The number of hydrogen-bond donors (Lipinski definition) is 1. The molecule has 0 radical (unpaired) electrons. The average Bonchev–Trinajstić information content (AvgIpc) is 3.12. The highest BCUT2D eigenvalue weighted by atomic mass is 35.5. The summed E-state index contributed by atoms with van der Waals surface area (Å²) in [4.78, 5) is 3.95. The van der Waals surface area contributed by atoms with Crippen molar-refractivity contribution in [2.75, 3.05) is 5.88 Å². The van der Waals surface area contributed by atoms with E-state index in [1.54, 1.807) is 23.1 Å². The Morgan fingerprint density at radius 2 is 2.13 bits per heavy atom. The van der Waals surface area contributed by atoms with Crippen LogP contribution >= 0.6 is 11.6 Å². The van der Waals surface area contributed by atoms with Crippen LogP contribution in [-0.4, -0.2) is 31.4 Å². The van der Waals surface area contributed by atoms with Gasteiger partial charge in [0.15, 0.2) is 0 Å². The van der Waals surface area contributed by atoms with Gasteiger partial charge in [0.05, 0.1) is 12.1 Å². The lowest BCUT2D eigenvalue weighted by Crippen LogP contribution is -2.51. The zero-order chi connectivity index (χ0) is 16.5. The van der Waals surface area contributed by atoms with E-state index in [-0.39, 0.29) is 17.2 Å². The van der Waals surface area contributed by atoms with E-state index in [9.17, 15) is 9.50 Å². The molecule has 0 aliphatic heterocycles. The number of aliphatic hydroxyl groups is 1. The highest BCUT2D eigenvalue weighted by Crippen LogP contribution is 2.52. The van der Waals surface area contributed by atoms with Crippen LogP contribution < -0.4 is 0 Å². The Labute approximate surface area is 140 Å². The van der Waals surface area contributed by atoms with Crippen LogP contribution in [0, 0.1) is 17.2 Å². The smallest absolute Gasteiger partial charge is 0.137 e. The number of nitrogens with zero attached hydrogens (tertiary/aromatic N) is 3. The van der Waals surface area contributed by atoms with Gasteiger partial charge in [-0.25, -0.2) is 9.37 Å². The first-order valence-corrected chi connectivity index (χ1v) is 8.35. The molecule has 1 aliphatic carbocycles. The van der Waals surface area contributed by atoms with Gasteiger partial charge in [-0.1, -0.05) is 19.1 Å². The van der Waals surface area contributed by atoms with Gasteiger partial charge >= 0.3 is 0 Å². The molecule has 1 N–H and O–H groups in total. The van der Waals surface area contributed by atoms with Crippen molar-refractivity contribution in [3.8, 4) is 0 Å². The van der Waals surface area contributed by atoms with Crippen molar-refractivity contribution < 1.29 is 9.50 Å². The van der Waals surface area contributed by atoms with Crippen LogP contribution in [0.25, 0.3) is 0 Å². The molecule has 2 unspecified atom stereocenters.